The number of non-ortho nitro benzene ring substituents is 1. The van der Waals surface area contributed by atoms with Gasteiger partial charge in [0.05, 0.1) is 16.4 Å². The Labute approximate surface area is 164 Å². The van der Waals surface area contributed by atoms with Crippen molar-refractivity contribution >= 4 is 40.2 Å². The Morgan fingerprint density at radius 1 is 1.14 bits per heavy atom. The first kappa shape index (κ1) is 18.1. The van der Waals surface area contributed by atoms with Crippen molar-refractivity contribution in [3.63, 3.8) is 0 Å². The average Bonchev–Trinajstić information content (AvgIpc) is 3.34. The van der Waals surface area contributed by atoms with Crippen LogP contribution in [0.15, 0.2) is 52.7 Å². The molecule has 0 amide bonds. The van der Waals surface area contributed by atoms with Crippen LogP contribution in [0, 0.1) is 10.1 Å². The number of aliphatic carboxylic acids is 1. The highest BCUT2D eigenvalue weighted by Gasteiger charge is 2.20. The van der Waals surface area contributed by atoms with Gasteiger partial charge in [0.1, 0.15) is 5.04 Å². The lowest BCUT2D eigenvalue weighted by atomic mass is 9.96. The lowest BCUT2D eigenvalue weighted by Crippen LogP contribution is -2.06. The summed E-state index contributed by atoms with van der Waals surface area (Å²) in [7, 11) is 0. The van der Waals surface area contributed by atoms with Crippen LogP contribution in [0.3, 0.4) is 0 Å². The molecule has 0 saturated heterocycles. The van der Waals surface area contributed by atoms with Crippen molar-refractivity contribution in [1.82, 2.24) is 0 Å². The Kier molecular flexibility index (Phi) is 4.79. The molecule has 0 unspecified atom stereocenters. The number of hydrogen-bond donors (Lipinski definition) is 1. The third-order valence-corrected chi connectivity index (χ3v) is 5.49. The molecule has 0 spiro atoms. The van der Waals surface area contributed by atoms with E-state index in [0.717, 1.165) is 29.3 Å². The summed E-state index contributed by atoms with van der Waals surface area (Å²) in [6.45, 7) is 0. The fraction of sp³-hybridized carbons (Fsp3) is 0.150. The van der Waals surface area contributed by atoms with E-state index in [-0.39, 0.29) is 11.4 Å². The maximum absolute atomic E-state index is 11.4. The number of carbonyl (C=O) groups is 1. The maximum Gasteiger partial charge on any atom is 0.313 e. The van der Waals surface area contributed by atoms with Crippen molar-refractivity contribution in [3.05, 3.63) is 69.3 Å². The number of carboxylic acids is 1. The van der Waals surface area contributed by atoms with Gasteiger partial charge in [-0.2, -0.15) is 5.10 Å². The molecule has 7 nitrogen and oxygen atoms in total. The number of fused-ring (bicyclic) bond motifs is 1. The Hall–Kier alpha value is -3.26. The number of rotatable bonds is 5. The summed E-state index contributed by atoms with van der Waals surface area (Å²) in [6.07, 6.45) is 5.38. The fourth-order valence-corrected chi connectivity index (χ4v) is 3.83. The molecule has 0 aromatic heterocycles. The van der Waals surface area contributed by atoms with E-state index in [0.29, 0.717) is 22.7 Å². The van der Waals surface area contributed by atoms with E-state index in [1.54, 1.807) is 6.07 Å². The third kappa shape index (κ3) is 3.72. The summed E-state index contributed by atoms with van der Waals surface area (Å²) in [5.74, 6) is -1.02. The normalized spacial score (nSPS) is 14.6. The molecule has 2 aromatic carbocycles. The first-order valence-corrected chi connectivity index (χ1v) is 9.56. The van der Waals surface area contributed by atoms with Crippen molar-refractivity contribution in [2.75, 3.05) is 5.75 Å². The molecule has 1 N–H and O–H groups in total. The largest absolute Gasteiger partial charge is 0.481 e. The van der Waals surface area contributed by atoms with Crippen molar-refractivity contribution in [2.24, 2.45) is 10.2 Å². The van der Waals surface area contributed by atoms with Crippen LogP contribution >= 0.6 is 11.8 Å². The van der Waals surface area contributed by atoms with Crippen LogP contribution in [0.25, 0.3) is 17.2 Å². The summed E-state index contributed by atoms with van der Waals surface area (Å²) < 4.78 is 0. The number of benzene rings is 2. The SMILES string of the molecule is O=C(O)CSC1=NN=C(c2cc(-c3ccc4c(c3)CC=C4)cc([N+](=O)[O-])c2)C1. The highest BCUT2D eigenvalue weighted by Crippen LogP contribution is 2.31. The number of nitrogens with zero attached hydrogens (tertiary/aromatic N) is 3. The van der Waals surface area contributed by atoms with Gasteiger partial charge >= 0.3 is 5.97 Å². The van der Waals surface area contributed by atoms with E-state index < -0.39 is 10.9 Å². The van der Waals surface area contributed by atoms with Crippen molar-refractivity contribution in [3.8, 4) is 11.1 Å². The standard InChI is InChI=1S/C20H15N3O4S/c24-20(25)11-28-19-10-18(21-22-19)16-7-15(8-17(9-16)23(26)27)14-5-4-12-2-1-3-13(12)6-14/h1-2,4-9H,3,10-11H2,(H,24,25). The Bertz CT molecular complexity index is 1090. The van der Waals surface area contributed by atoms with Gasteiger partial charge < -0.3 is 5.11 Å². The summed E-state index contributed by atoms with van der Waals surface area (Å²) in [4.78, 5) is 21.7. The summed E-state index contributed by atoms with van der Waals surface area (Å²) in [5, 5.41) is 29.0. The second-order valence-electron chi connectivity index (χ2n) is 6.45. The molecule has 1 aliphatic carbocycles. The number of thioether (sulfide) groups is 1. The molecule has 0 bridgehead atoms. The van der Waals surface area contributed by atoms with E-state index >= 15 is 0 Å². The number of hydrogen-bond acceptors (Lipinski definition) is 6. The average molecular weight is 393 g/mol. The van der Waals surface area contributed by atoms with Crippen LogP contribution in [0.4, 0.5) is 5.69 Å². The molecule has 28 heavy (non-hydrogen) atoms. The zero-order chi connectivity index (χ0) is 19.7. The maximum atomic E-state index is 11.4. The molecule has 4 rings (SSSR count). The molecule has 8 heteroatoms. The Morgan fingerprint density at radius 2 is 1.96 bits per heavy atom. The van der Waals surface area contributed by atoms with Crippen molar-refractivity contribution < 1.29 is 14.8 Å². The molecule has 0 radical (unpaired) electrons. The molecule has 0 fully saturated rings. The van der Waals surface area contributed by atoms with Gasteiger partial charge in [0.15, 0.2) is 0 Å². The van der Waals surface area contributed by atoms with Crippen molar-refractivity contribution in [1.29, 1.82) is 0 Å². The minimum absolute atomic E-state index is 0.0135. The highest BCUT2D eigenvalue weighted by atomic mass is 32.2. The second kappa shape index (κ2) is 7.40. The van der Waals surface area contributed by atoms with Crippen molar-refractivity contribution in [2.45, 2.75) is 12.8 Å². The summed E-state index contributed by atoms with van der Waals surface area (Å²) in [5.41, 5.74) is 5.22. The quantitative estimate of drug-likeness (QED) is 0.607. The van der Waals surface area contributed by atoms with Crippen LogP contribution in [-0.4, -0.2) is 32.5 Å². The second-order valence-corrected chi connectivity index (χ2v) is 7.49. The number of allylic oxidation sites excluding steroid dienone is 1. The molecule has 140 valence electrons. The lowest BCUT2D eigenvalue weighted by Gasteiger charge is -2.08. The first-order valence-electron chi connectivity index (χ1n) is 8.57. The van der Waals surface area contributed by atoms with Gasteiger partial charge in [-0.05, 0) is 34.7 Å². The molecule has 0 atom stereocenters. The van der Waals surface area contributed by atoms with Crippen LogP contribution in [-0.2, 0) is 11.2 Å². The van der Waals surface area contributed by atoms with Crippen LogP contribution in [0.5, 0.6) is 0 Å². The fourth-order valence-electron chi connectivity index (χ4n) is 3.20. The minimum Gasteiger partial charge on any atom is -0.481 e. The molecule has 1 heterocycles. The third-order valence-electron chi connectivity index (χ3n) is 4.54. The molecule has 2 aliphatic rings. The predicted molar refractivity (Wildman–Crippen MR) is 110 cm³/mol. The van der Waals surface area contributed by atoms with Gasteiger partial charge in [-0.1, -0.05) is 42.1 Å². The van der Waals surface area contributed by atoms with E-state index in [4.69, 9.17) is 5.11 Å². The van der Waals surface area contributed by atoms with Crippen LogP contribution < -0.4 is 0 Å². The minimum atomic E-state index is -0.926. The number of nitro groups is 1. The first-order chi connectivity index (χ1) is 13.5. The molecular formula is C20H15N3O4S. The van der Waals surface area contributed by atoms with Gasteiger partial charge in [-0.15, -0.1) is 5.10 Å². The zero-order valence-corrected chi connectivity index (χ0v) is 15.5. The summed E-state index contributed by atoms with van der Waals surface area (Å²) >= 11 is 1.11. The predicted octanol–water partition coefficient (Wildman–Crippen LogP) is 4.16. The smallest absolute Gasteiger partial charge is 0.313 e. The lowest BCUT2D eigenvalue weighted by molar-refractivity contribution is -0.384. The van der Waals surface area contributed by atoms with Gasteiger partial charge in [-0.25, -0.2) is 0 Å². The Balaban J connectivity index is 1.64. The topological polar surface area (TPSA) is 105 Å². The molecular weight excluding hydrogens is 378 g/mol. The van der Waals surface area contributed by atoms with Gasteiger partial charge in [0.2, 0.25) is 0 Å². The molecule has 0 saturated carbocycles. The van der Waals surface area contributed by atoms with E-state index in [1.807, 2.05) is 18.2 Å². The van der Waals surface area contributed by atoms with Gasteiger partial charge in [0.25, 0.3) is 5.69 Å². The van der Waals surface area contributed by atoms with Gasteiger partial charge in [-0.3, -0.25) is 14.9 Å². The van der Waals surface area contributed by atoms with Crippen LogP contribution in [0.2, 0.25) is 0 Å². The Morgan fingerprint density at radius 3 is 2.75 bits per heavy atom. The molecule has 1 aliphatic heterocycles. The highest BCUT2D eigenvalue weighted by molar-refractivity contribution is 8.14. The van der Waals surface area contributed by atoms with E-state index in [1.165, 1.54) is 17.2 Å². The zero-order valence-electron chi connectivity index (χ0n) is 14.7. The number of carboxylic acid groups (broad SMARTS) is 1. The van der Waals surface area contributed by atoms with E-state index in [2.05, 4.69) is 28.4 Å². The van der Waals surface area contributed by atoms with E-state index in [9.17, 15) is 14.9 Å². The van der Waals surface area contributed by atoms with Crippen LogP contribution in [0.1, 0.15) is 23.1 Å². The summed E-state index contributed by atoms with van der Waals surface area (Å²) in [6, 6.07) is 10.9. The monoisotopic (exact) mass is 393 g/mol. The number of nitro benzene ring substituents is 1. The van der Waals surface area contributed by atoms with Gasteiger partial charge in [0, 0.05) is 24.1 Å². The molecule has 2 aromatic rings.